The first kappa shape index (κ1) is 14.3. The van der Waals surface area contributed by atoms with Crippen LogP contribution in [0.2, 0.25) is 0 Å². The fraction of sp³-hybridized carbons (Fsp3) is 0.188. The zero-order valence-corrected chi connectivity index (χ0v) is 12.7. The van der Waals surface area contributed by atoms with E-state index in [0.717, 1.165) is 10.4 Å². The van der Waals surface area contributed by atoms with Gasteiger partial charge < -0.3 is 5.32 Å². The van der Waals surface area contributed by atoms with Crippen molar-refractivity contribution < 1.29 is 9.59 Å². The van der Waals surface area contributed by atoms with E-state index in [1.165, 1.54) is 16.2 Å². The third-order valence-electron chi connectivity index (χ3n) is 3.69. The van der Waals surface area contributed by atoms with Crippen molar-refractivity contribution in [2.24, 2.45) is 0 Å². The second kappa shape index (κ2) is 5.28. The number of hydrogen-bond acceptors (Lipinski definition) is 4. The van der Waals surface area contributed by atoms with Gasteiger partial charge in [-0.3, -0.25) is 9.69 Å². The summed E-state index contributed by atoms with van der Waals surface area (Å²) in [5, 5.41) is 13.6. The highest BCUT2D eigenvalue weighted by Crippen LogP contribution is 2.32. The van der Waals surface area contributed by atoms with Crippen molar-refractivity contribution in [3.05, 3.63) is 57.8 Å². The van der Waals surface area contributed by atoms with Gasteiger partial charge in [0.15, 0.2) is 5.54 Å². The second-order valence-corrected chi connectivity index (χ2v) is 6.18. The van der Waals surface area contributed by atoms with Gasteiger partial charge in [-0.25, -0.2) is 4.79 Å². The van der Waals surface area contributed by atoms with E-state index in [0.29, 0.717) is 5.56 Å². The Morgan fingerprint density at radius 1 is 1.32 bits per heavy atom. The highest BCUT2D eigenvalue weighted by Gasteiger charge is 2.49. The van der Waals surface area contributed by atoms with E-state index in [1.807, 2.05) is 17.5 Å². The number of urea groups is 1. The van der Waals surface area contributed by atoms with Gasteiger partial charge in [-0.1, -0.05) is 18.2 Å². The van der Waals surface area contributed by atoms with E-state index in [9.17, 15) is 9.59 Å². The van der Waals surface area contributed by atoms with Crippen LogP contribution in [0, 0.1) is 11.3 Å². The number of carbonyl (C=O) groups excluding carboxylic acids is 2. The monoisotopic (exact) mass is 311 g/mol. The molecule has 1 fully saturated rings. The second-order valence-electron chi connectivity index (χ2n) is 5.24. The minimum atomic E-state index is -1.02. The van der Waals surface area contributed by atoms with Gasteiger partial charge in [0.1, 0.15) is 0 Å². The number of benzene rings is 1. The van der Waals surface area contributed by atoms with Gasteiger partial charge in [0.05, 0.1) is 18.2 Å². The lowest BCUT2D eigenvalue weighted by atomic mass is 10.0. The number of amides is 3. The zero-order chi connectivity index (χ0) is 15.7. The average molecular weight is 311 g/mol. The van der Waals surface area contributed by atoms with Crippen molar-refractivity contribution in [1.82, 2.24) is 10.2 Å². The van der Waals surface area contributed by atoms with Crippen LogP contribution in [0.25, 0.3) is 0 Å². The summed E-state index contributed by atoms with van der Waals surface area (Å²) < 4.78 is 0. The smallest absolute Gasteiger partial charge is 0.319 e. The van der Waals surface area contributed by atoms with E-state index in [2.05, 4.69) is 11.4 Å². The summed E-state index contributed by atoms with van der Waals surface area (Å²) in [4.78, 5) is 26.9. The Morgan fingerprint density at radius 3 is 2.82 bits per heavy atom. The summed E-state index contributed by atoms with van der Waals surface area (Å²) in [6.07, 6.45) is 0. The maximum atomic E-state index is 12.7. The number of thiophene rings is 1. The summed E-state index contributed by atoms with van der Waals surface area (Å²) in [6, 6.07) is 12.2. The molecule has 6 heteroatoms. The molecule has 0 radical (unpaired) electrons. The molecule has 3 rings (SSSR count). The molecule has 1 aromatic carbocycles. The highest BCUT2D eigenvalue weighted by molar-refractivity contribution is 7.10. The maximum absolute atomic E-state index is 12.7. The standard InChI is InChI=1S/C16H13N3O2S/c1-16(13-6-3-7-22-13)14(20)19(15(21)18-16)10-12-5-2-4-11(8-12)9-17/h2-8H,10H2,1H3,(H,18,21). The first-order valence-corrected chi connectivity index (χ1v) is 7.60. The summed E-state index contributed by atoms with van der Waals surface area (Å²) >= 11 is 1.43. The predicted octanol–water partition coefficient (Wildman–Crippen LogP) is 2.59. The van der Waals surface area contributed by atoms with Crippen LogP contribution in [0.15, 0.2) is 41.8 Å². The van der Waals surface area contributed by atoms with Crippen LogP contribution in [0.1, 0.15) is 22.9 Å². The minimum absolute atomic E-state index is 0.154. The number of rotatable bonds is 3. The topological polar surface area (TPSA) is 73.2 Å². The van der Waals surface area contributed by atoms with Gasteiger partial charge in [0, 0.05) is 4.88 Å². The molecule has 0 bridgehead atoms. The Balaban J connectivity index is 1.88. The quantitative estimate of drug-likeness (QED) is 0.885. The van der Waals surface area contributed by atoms with Crippen LogP contribution in [-0.4, -0.2) is 16.8 Å². The molecule has 110 valence electrons. The van der Waals surface area contributed by atoms with Crippen molar-refractivity contribution in [2.45, 2.75) is 19.0 Å². The Labute approximate surface area is 131 Å². The molecule has 1 unspecified atom stereocenters. The van der Waals surface area contributed by atoms with Crippen LogP contribution < -0.4 is 5.32 Å². The molecule has 1 N–H and O–H groups in total. The molecule has 1 atom stereocenters. The van der Waals surface area contributed by atoms with Crippen LogP contribution >= 0.6 is 11.3 Å². The minimum Gasteiger partial charge on any atom is -0.319 e. The van der Waals surface area contributed by atoms with Gasteiger partial charge in [-0.15, -0.1) is 11.3 Å². The molecule has 5 nitrogen and oxygen atoms in total. The molecule has 1 aliphatic rings. The first-order chi connectivity index (χ1) is 10.5. The molecule has 1 saturated heterocycles. The van der Waals surface area contributed by atoms with Crippen molar-refractivity contribution in [1.29, 1.82) is 5.26 Å². The van der Waals surface area contributed by atoms with Crippen molar-refractivity contribution in [3.8, 4) is 6.07 Å². The summed E-state index contributed by atoms with van der Waals surface area (Å²) in [5.41, 5.74) is 0.238. The number of nitrogens with one attached hydrogen (secondary N) is 1. The van der Waals surface area contributed by atoms with Gasteiger partial charge in [-0.05, 0) is 36.1 Å². The molecule has 2 heterocycles. The van der Waals surface area contributed by atoms with Crippen LogP contribution in [0.3, 0.4) is 0 Å². The number of imide groups is 1. The van der Waals surface area contributed by atoms with Gasteiger partial charge in [0.2, 0.25) is 0 Å². The first-order valence-electron chi connectivity index (χ1n) is 6.72. The molecule has 0 spiro atoms. The van der Waals surface area contributed by atoms with Crippen molar-refractivity contribution in [3.63, 3.8) is 0 Å². The Hall–Kier alpha value is -2.65. The summed E-state index contributed by atoms with van der Waals surface area (Å²) in [5.74, 6) is -0.276. The lowest BCUT2D eigenvalue weighted by Crippen LogP contribution is -2.40. The van der Waals surface area contributed by atoms with Crippen LogP contribution in [0.5, 0.6) is 0 Å². The zero-order valence-electron chi connectivity index (χ0n) is 11.9. The van der Waals surface area contributed by atoms with E-state index >= 15 is 0 Å². The maximum Gasteiger partial charge on any atom is 0.325 e. The number of hydrogen-bond donors (Lipinski definition) is 1. The molecule has 2 aromatic rings. The van der Waals surface area contributed by atoms with E-state index in [4.69, 9.17) is 5.26 Å². The van der Waals surface area contributed by atoms with Gasteiger partial charge >= 0.3 is 6.03 Å². The molecule has 0 aliphatic carbocycles. The van der Waals surface area contributed by atoms with E-state index in [1.54, 1.807) is 31.2 Å². The highest BCUT2D eigenvalue weighted by atomic mass is 32.1. The van der Waals surface area contributed by atoms with Crippen molar-refractivity contribution in [2.75, 3.05) is 0 Å². The lowest BCUT2D eigenvalue weighted by Gasteiger charge is -2.20. The summed E-state index contributed by atoms with van der Waals surface area (Å²) in [6.45, 7) is 1.87. The molecule has 22 heavy (non-hydrogen) atoms. The van der Waals surface area contributed by atoms with E-state index < -0.39 is 11.6 Å². The molecule has 3 amide bonds. The van der Waals surface area contributed by atoms with Crippen molar-refractivity contribution >= 4 is 23.3 Å². The molecular formula is C16H13N3O2S. The Morgan fingerprint density at radius 2 is 2.14 bits per heavy atom. The average Bonchev–Trinajstić information content (AvgIpc) is 3.12. The molecule has 0 saturated carbocycles. The van der Waals surface area contributed by atoms with E-state index in [-0.39, 0.29) is 12.5 Å². The fourth-order valence-corrected chi connectivity index (χ4v) is 3.33. The third kappa shape index (κ3) is 2.26. The summed E-state index contributed by atoms with van der Waals surface area (Å²) in [7, 11) is 0. The lowest BCUT2D eigenvalue weighted by molar-refractivity contribution is -0.131. The van der Waals surface area contributed by atoms with Gasteiger partial charge in [0.25, 0.3) is 5.91 Å². The number of carbonyl (C=O) groups is 2. The molecule has 1 aliphatic heterocycles. The predicted molar refractivity (Wildman–Crippen MR) is 81.9 cm³/mol. The number of nitrogens with zero attached hydrogens (tertiary/aromatic N) is 2. The Kier molecular flexibility index (Phi) is 3.43. The third-order valence-corrected chi connectivity index (χ3v) is 4.78. The normalized spacial score (nSPS) is 20.8. The number of nitriles is 1. The fourth-order valence-electron chi connectivity index (χ4n) is 2.49. The largest absolute Gasteiger partial charge is 0.325 e. The molecular weight excluding hydrogens is 298 g/mol. The Bertz CT molecular complexity index is 779. The molecule has 1 aromatic heterocycles. The van der Waals surface area contributed by atoms with Crippen LogP contribution in [-0.2, 0) is 16.9 Å². The van der Waals surface area contributed by atoms with Crippen LogP contribution in [0.4, 0.5) is 4.79 Å². The van der Waals surface area contributed by atoms with Gasteiger partial charge in [-0.2, -0.15) is 5.26 Å². The SMILES string of the molecule is CC1(c2cccs2)NC(=O)N(Cc2cccc(C#N)c2)C1=O.